The lowest BCUT2D eigenvalue weighted by Crippen LogP contribution is -2.13. The molecule has 9 heavy (non-hydrogen) atoms. The maximum atomic E-state index is 8.56. The summed E-state index contributed by atoms with van der Waals surface area (Å²) in [6, 6.07) is 2.27. The highest BCUT2D eigenvalue weighted by molar-refractivity contribution is 4.99. The van der Waals surface area contributed by atoms with E-state index in [9.17, 15) is 0 Å². The second kappa shape index (κ2) is 1.71. The van der Waals surface area contributed by atoms with Crippen LogP contribution in [-0.4, -0.2) is 12.2 Å². The van der Waals surface area contributed by atoms with Crippen molar-refractivity contribution in [1.29, 1.82) is 5.26 Å². The minimum atomic E-state index is 0.212. The van der Waals surface area contributed by atoms with E-state index >= 15 is 0 Å². The molecular weight excluding hydrogens is 114 g/mol. The van der Waals surface area contributed by atoms with Crippen molar-refractivity contribution in [2.45, 2.75) is 31.5 Å². The highest BCUT2D eigenvalue weighted by atomic mass is 16.5. The second-order valence-electron chi connectivity index (χ2n) is 2.85. The fraction of sp³-hybridized carbons (Fsp3) is 0.857. The van der Waals surface area contributed by atoms with Gasteiger partial charge in [-0.2, -0.15) is 5.26 Å². The Hall–Kier alpha value is -0.550. The molecule has 2 heteroatoms. The monoisotopic (exact) mass is 123 g/mol. The summed E-state index contributed by atoms with van der Waals surface area (Å²) in [5, 5.41) is 8.56. The largest absolute Gasteiger partial charge is 0.374 e. The van der Waals surface area contributed by atoms with Gasteiger partial charge in [0.15, 0.2) is 0 Å². The molecule has 0 N–H and O–H groups in total. The van der Waals surface area contributed by atoms with Crippen LogP contribution in [0.3, 0.4) is 0 Å². The first-order valence-electron chi connectivity index (χ1n) is 3.45. The summed E-state index contributed by atoms with van der Waals surface area (Å²) in [7, 11) is 0. The van der Waals surface area contributed by atoms with Crippen LogP contribution in [0.15, 0.2) is 0 Å². The Bertz CT molecular complexity index is 161. The van der Waals surface area contributed by atoms with Crippen molar-refractivity contribution in [3.05, 3.63) is 0 Å². The lowest BCUT2D eigenvalue weighted by Gasteiger charge is -2.08. The molecule has 2 bridgehead atoms. The van der Waals surface area contributed by atoms with E-state index in [2.05, 4.69) is 6.07 Å². The van der Waals surface area contributed by atoms with E-state index < -0.39 is 0 Å². The minimum absolute atomic E-state index is 0.212. The zero-order valence-electron chi connectivity index (χ0n) is 5.21. The number of nitrogens with zero attached hydrogens (tertiary/aromatic N) is 1. The Morgan fingerprint density at radius 3 is 2.67 bits per heavy atom. The summed E-state index contributed by atoms with van der Waals surface area (Å²) >= 11 is 0. The van der Waals surface area contributed by atoms with Crippen molar-refractivity contribution < 1.29 is 4.74 Å². The quantitative estimate of drug-likeness (QED) is 0.482. The van der Waals surface area contributed by atoms with E-state index in [4.69, 9.17) is 10.00 Å². The Labute approximate surface area is 54.4 Å². The van der Waals surface area contributed by atoms with Crippen molar-refractivity contribution in [3.8, 4) is 6.07 Å². The van der Waals surface area contributed by atoms with Crippen LogP contribution >= 0.6 is 0 Å². The van der Waals surface area contributed by atoms with Gasteiger partial charge in [0.2, 0.25) is 0 Å². The molecule has 2 fully saturated rings. The Morgan fingerprint density at radius 1 is 1.44 bits per heavy atom. The molecule has 2 saturated heterocycles. The van der Waals surface area contributed by atoms with Gasteiger partial charge in [0.05, 0.1) is 24.2 Å². The summed E-state index contributed by atoms with van der Waals surface area (Å²) in [6.07, 6.45) is 4.01. The predicted molar refractivity (Wildman–Crippen MR) is 31.6 cm³/mol. The fourth-order valence-electron chi connectivity index (χ4n) is 1.77. The molecule has 0 spiro atoms. The average Bonchev–Trinajstić information content (AvgIpc) is 2.45. The lowest BCUT2D eigenvalue weighted by molar-refractivity contribution is 0.0986. The van der Waals surface area contributed by atoms with Crippen molar-refractivity contribution in [3.63, 3.8) is 0 Å². The van der Waals surface area contributed by atoms with Crippen LogP contribution < -0.4 is 0 Å². The van der Waals surface area contributed by atoms with Gasteiger partial charge in [0.1, 0.15) is 0 Å². The third-order valence-corrected chi connectivity index (χ3v) is 2.27. The van der Waals surface area contributed by atoms with Gasteiger partial charge in [0, 0.05) is 0 Å². The molecule has 2 rings (SSSR count). The van der Waals surface area contributed by atoms with Crippen LogP contribution in [0, 0.1) is 17.2 Å². The third kappa shape index (κ3) is 0.650. The number of fused-ring (bicyclic) bond motifs is 2. The van der Waals surface area contributed by atoms with E-state index in [1.807, 2.05) is 0 Å². The van der Waals surface area contributed by atoms with E-state index in [1.54, 1.807) is 0 Å². The Kier molecular flexibility index (Phi) is 1.000. The zero-order chi connectivity index (χ0) is 6.27. The van der Waals surface area contributed by atoms with Crippen LogP contribution in [0.5, 0.6) is 0 Å². The topological polar surface area (TPSA) is 33.0 Å². The Morgan fingerprint density at radius 2 is 2.33 bits per heavy atom. The molecule has 0 aromatic heterocycles. The van der Waals surface area contributed by atoms with Crippen LogP contribution in [-0.2, 0) is 4.74 Å². The van der Waals surface area contributed by atoms with Gasteiger partial charge in [-0.3, -0.25) is 0 Å². The number of hydrogen-bond donors (Lipinski definition) is 0. The van der Waals surface area contributed by atoms with Gasteiger partial charge < -0.3 is 4.74 Å². The molecular formula is C7H9NO. The molecule has 2 heterocycles. The summed E-state index contributed by atoms with van der Waals surface area (Å²) in [5.74, 6) is 0.212. The van der Waals surface area contributed by atoms with E-state index in [1.165, 1.54) is 6.42 Å². The lowest BCUT2D eigenvalue weighted by atomic mass is 9.91. The van der Waals surface area contributed by atoms with E-state index in [-0.39, 0.29) is 5.92 Å². The van der Waals surface area contributed by atoms with Gasteiger partial charge in [-0.1, -0.05) is 0 Å². The average molecular weight is 123 g/mol. The molecule has 2 aliphatic rings. The predicted octanol–water partition coefficient (Wildman–Crippen LogP) is 1.08. The first-order valence-corrected chi connectivity index (χ1v) is 3.45. The molecule has 0 aromatic carbocycles. The van der Waals surface area contributed by atoms with Gasteiger partial charge in [-0.05, 0) is 19.3 Å². The summed E-state index contributed by atoms with van der Waals surface area (Å²) in [6.45, 7) is 0. The number of rotatable bonds is 0. The van der Waals surface area contributed by atoms with Crippen LogP contribution in [0.2, 0.25) is 0 Å². The van der Waals surface area contributed by atoms with Gasteiger partial charge >= 0.3 is 0 Å². The van der Waals surface area contributed by atoms with Crippen LogP contribution in [0.25, 0.3) is 0 Å². The number of ether oxygens (including phenoxy) is 1. The zero-order valence-corrected chi connectivity index (χ0v) is 5.21. The maximum absolute atomic E-state index is 8.56. The number of hydrogen-bond acceptors (Lipinski definition) is 2. The summed E-state index contributed by atoms with van der Waals surface area (Å²) in [4.78, 5) is 0. The van der Waals surface area contributed by atoms with Crippen molar-refractivity contribution in [2.24, 2.45) is 5.92 Å². The molecule has 0 unspecified atom stereocenters. The van der Waals surface area contributed by atoms with E-state index in [0.29, 0.717) is 12.2 Å². The molecule has 0 amide bonds. The SMILES string of the molecule is N#C[C@H]1C[C@@H]2CC[C@H]1O2. The molecule has 3 atom stereocenters. The third-order valence-electron chi connectivity index (χ3n) is 2.27. The number of nitriles is 1. The van der Waals surface area contributed by atoms with Crippen molar-refractivity contribution in [1.82, 2.24) is 0 Å². The molecule has 2 nitrogen and oxygen atoms in total. The highest BCUT2D eigenvalue weighted by Crippen LogP contribution is 2.37. The highest BCUT2D eigenvalue weighted by Gasteiger charge is 2.40. The second-order valence-corrected chi connectivity index (χ2v) is 2.85. The minimum Gasteiger partial charge on any atom is -0.374 e. The summed E-state index contributed by atoms with van der Waals surface area (Å²) in [5.41, 5.74) is 0. The Balaban J connectivity index is 2.12. The van der Waals surface area contributed by atoms with Crippen molar-refractivity contribution >= 4 is 0 Å². The molecule has 0 radical (unpaired) electrons. The first-order chi connectivity index (χ1) is 4.40. The molecule has 2 aliphatic heterocycles. The molecule has 0 aliphatic carbocycles. The van der Waals surface area contributed by atoms with E-state index in [0.717, 1.165) is 12.8 Å². The standard InChI is InChI=1S/C7H9NO/c8-4-5-3-6-1-2-7(5)9-6/h5-7H,1-3H2/t5-,6+,7-/m1/s1. The van der Waals surface area contributed by atoms with Crippen LogP contribution in [0.4, 0.5) is 0 Å². The molecule has 0 aromatic rings. The smallest absolute Gasteiger partial charge is 0.0750 e. The van der Waals surface area contributed by atoms with Crippen LogP contribution in [0.1, 0.15) is 19.3 Å². The van der Waals surface area contributed by atoms with Gasteiger partial charge in [-0.15, -0.1) is 0 Å². The van der Waals surface area contributed by atoms with Crippen molar-refractivity contribution in [2.75, 3.05) is 0 Å². The normalized spacial score (nSPS) is 47.2. The molecule has 48 valence electrons. The summed E-state index contributed by atoms with van der Waals surface area (Å²) < 4.78 is 5.45. The molecule has 0 saturated carbocycles. The fourth-order valence-corrected chi connectivity index (χ4v) is 1.77. The van der Waals surface area contributed by atoms with Gasteiger partial charge in [-0.25, -0.2) is 0 Å². The van der Waals surface area contributed by atoms with Gasteiger partial charge in [0.25, 0.3) is 0 Å². The maximum Gasteiger partial charge on any atom is 0.0750 e. The first kappa shape index (κ1) is 5.25.